The van der Waals surface area contributed by atoms with Crippen molar-refractivity contribution in [2.75, 3.05) is 27.7 Å². The first-order valence-electron chi connectivity index (χ1n) is 14.5. The Morgan fingerprint density at radius 3 is 1.03 bits per heavy atom. The van der Waals surface area contributed by atoms with Crippen LogP contribution in [0.15, 0.2) is 0 Å². The number of unbranched alkanes of at least 4 members (excludes halogenated alkanes) is 18. The average Bonchev–Trinajstić information content (AvgIpc) is 2.75. The molecule has 32 heavy (non-hydrogen) atoms. The van der Waals surface area contributed by atoms with Crippen LogP contribution in [-0.2, 0) is 4.52 Å². The SMILES string of the molecule is CCCCCCCCCCCCC(CCCCCCCCCCCC)(C[N+](C)(C)C)O[PH-]. The highest BCUT2D eigenvalue weighted by Crippen LogP contribution is 2.31. The zero-order valence-corrected chi connectivity index (χ0v) is 24.1. The summed E-state index contributed by atoms with van der Waals surface area (Å²) < 4.78 is 7.04. The van der Waals surface area contributed by atoms with E-state index in [4.69, 9.17) is 4.52 Å². The quantitative estimate of drug-likeness (QED) is 0.0731. The van der Waals surface area contributed by atoms with Gasteiger partial charge in [0.2, 0.25) is 0 Å². The third-order valence-corrected chi connectivity index (χ3v) is 7.38. The van der Waals surface area contributed by atoms with Gasteiger partial charge < -0.3 is 18.5 Å². The van der Waals surface area contributed by atoms with Crippen LogP contribution < -0.4 is 0 Å². The lowest BCUT2D eigenvalue weighted by atomic mass is 9.88. The molecule has 0 bridgehead atoms. The van der Waals surface area contributed by atoms with Gasteiger partial charge in [0.1, 0.15) is 6.54 Å². The molecule has 0 aromatic rings. The first-order chi connectivity index (χ1) is 15.4. The topological polar surface area (TPSA) is 9.23 Å². The molecule has 0 aromatic heterocycles. The van der Waals surface area contributed by atoms with Gasteiger partial charge in [-0.2, -0.15) is 0 Å². The second-order valence-electron chi connectivity index (χ2n) is 11.6. The molecular formula is C29H62NOP. The fourth-order valence-corrected chi connectivity index (χ4v) is 5.42. The standard InChI is InChI=1S/C29H62NOP/c1-6-8-10-12-14-16-18-20-22-24-26-29(31-32,28-30(3,4)5)27-25-23-21-19-17-15-13-11-9-7-2/h32H,6-28H2,1-5H3. The Balaban J connectivity index is 4.07. The summed E-state index contributed by atoms with van der Waals surface area (Å²) >= 11 is 0. The van der Waals surface area contributed by atoms with Crippen LogP contribution in [0.2, 0.25) is 0 Å². The van der Waals surface area contributed by atoms with Gasteiger partial charge in [-0.15, -0.1) is 0 Å². The van der Waals surface area contributed by atoms with E-state index in [2.05, 4.69) is 44.5 Å². The molecule has 0 unspecified atom stereocenters. The monoisotopic (exact) mass is 471 g/mol. The zero-order chi connectivity index (χ0) is 24.0. The van der Waals surface area contributed by atoms with Crippen molar-refractivity contribution in [3.63, 3.8) is 0 Å². The summed E-state index contributed by atoms with van der Waals surface area (Å²) in [5, 5.41) is 0. The van der Waals surface area contributed by atoms with Crippen molar-refractivity contribution in [3.8, 4) is 0 Å². The van der Waals surface area contributed by atoms with Gasteiger partial charge in [-0.05, 0) is 12.8 Å². The highest BCUT2D eigenvalue weighted by Gasteiger charge is 2.32. The number of likely N-dealkylation sites (N-methyl/N-ethyl adjacent to an activating group) is 1. The van der Waals surface area contributed by atoms with Crippen LogP contribution in [0.5, 0.6) is 0 Å². The fraction of sp³-hybridized carbons (Fsp3) is 1.00. The second kappa shape index (κ2) is 21.9. The van der Waals surface area contributed by atoms with Gasteiger partial charge in [0, 0.05) is 0 Å². The van der Waals surface area contributed by atoms with Gasteiger partial charge in [-0.3, -0.25) is 0 Å². The van der Waals surface area contributed by atoms with Gasteiger partial charge in [0.25, 0.3) is 0 Å². The van der Waals surface area contributed by atoms with Crippen LogP contribution in [0.25, 0.3) is 0 Å². The summed E-state index contributed by atoms with van der Waals surface area (Å²) in [6, 6.07) is 0. The lowest BCUT2D eigenvalue weighted by Crippen LogP contribution is -2.49. The smallest absolute Gasteiger partial charge is 0.105 e. The number of nitrogens with zero attached hydrogens (tertiary/aromatic N) is 1. The molecule has 0 heterocycles. The van der Waals surface area contributed by atoms with E-state index in [9.17, 15) is 0 Å². The molecule has 0 fully saturated rings. The molecule has 0 N–H and O–H groups in total. The third-order valence-electron chi connectivity index (χ3n) is 6.95. The van der Waals surface area contributed by atoms with E-state index in [0.717, 1.165) is 11.0 Å². The molecule has 0 amide bonds. The first-order valence-corrected chi connectivity index (χ1v) is 14.9. The summed E-state index contributed by atoms with van der Waals surface area (Å²) in [4.78, 5) is 0. The minimum atomic E-state index is -0.00452. The lowest BCUT2D eigenvalue weighted by Gasteiger charge is -2.42. The van der Waals surface area contributed by atoms with Crippen molar-refractivity contribution in [1.29, 1.82) is 0 Å². The van der Waals surface area contributed by atoms with Crippen molar-refractivity contribution in [2.24, 2.45) is 0 Å². The van der Waals surface area contributed by atoms with Gasteiger partial charge in [0.05, 0.1) is 26.7 Å². The van der Waals surface area contributed by atoms with Crippen molar-refractivity contribution in [3.05, 3.63) is 0 Å². The van der Waals surface area contributed by atoms with Crippen LogP contribution in [0.1, 0.15) is 155 Å². The van der Waals surface area contributed by atoms with Gasteiger partial charge in [0.15, 0.2) is 0 Å². The highest BCUT2D eigenvalue weighted by molar-refractivity contribution is 7.09. The van der Waals surface area contributed by atoms with Gasteiger partial charge >= 0.3 is 0 Å². The molecular weight excluding hydrogens is 409 g/mol. The normalized spacial score (nSPS) is 12.6. The van der Waals surface area contributed by atoms with E-state index in [1.807, 2.05) is 0 Å². The molecule has 0 radical (unpaired) electrons. The highest BCUT2D eigenvalue weighted by atomic mass is 31.0. The van der Waals surface area contributed by atoms with Crippen molar-refractivity contribution in [2.45, 2.75) is 161 Å². The van der Waals surface area contributed by atoms with Crippen molar-refractivity contribution < 1.29 is 9.01 Å². The maximum atomic E-state index is 6.07. The fourth-order valence-electron chi connectivity index (χ4n) is 5.15. The zero-order valence-electron chi connectivity index (χ0n) is 23.1. The second-order valence-corrected chi connectivity index (χ2v) is 11.8. The van der Waals surface area contributed by atoms with Gasteiger partial charge in [-0.25, -0.2) is 0 Å². The number of quaternary nitrogens is 1. The molecule has 2 nitrogen and oxygen atoms in total. The molecule has 0 saturated heterocycles. The average molecular weight is 472 g/mol. The molecule has 0 atom stereocenters. The maximum absolute atomic E-state index is 6.07. The molecule has 0 rings (SSSR count). The molecule has 0 aliphatic rings. The number of rotatable bonds is 25. The van der Waals surface area contributed by atoms with E-state index in [-0.39, 0.29) is 5.60 Å². The van der Waals surface area contributed by atoms with E-state index in [1.54, 1.807) is 0 Å². The van der Waals surface area contributed by atoms with Crippen LogP contribution in [0.3, 0.4) is 0 Å². The van der Waals surface area contributed by atoms with Crippen LogP contribution in [-0.4, -0.2) is 37.8 Å². The molecule has 194 valence electrons. The Labute approximate surface area is 206 Å². The summed E-state index contributed by atoms with van der Waals surface area (Å²) in [6.07, 6.45) is 30.4. The van der Waals surface area contributed by atoms with E-state index >= 15 is 0 Å². The molecule has 0 aliphatic carbocycles. The number of hydrogen-bond acceptors (Lipinski definition) is 1. The predicted molar refractivity (Wildman–Crippen MR) is 148 cm³/mol. The summed E-state index contributed by atoms with van der Waals surface area (Å²) in [5.41, 5.74) is -0.00452. The van der Waals surface area contributed by atoms with E-state index in [0.29, 0.717) is 0 Å². The third kappa shape index (κ3) is 20.9. The van der Waals surface area contributed by atoms with Crippen molar-refractivity contribution >= 4 is 9.47 Å². The van der Waals surface area contributed by atoms with E-state index in [1.165, 1.54) is 141 Å². The largest absolute Gasteiger partial charge is 0.552 e. The Kier molecular flexibility index (Phi) is 22.1. The summed E-state index contributed by atoms with van der Waals surface area (Å²) in [5.74, 6) is 0. The van der Waals surface area contributed by atoms with Crippen LogP contribution >= 0.6 is 9.47 Å². The van der Waals surface area contributed by atoms with Crippen molar-refractivity contribution in [1.82, 2.24) is 0 Å². The summed E-state index contributed by atoms with van der Waals surface area (Å²) in [7, 11) is 10.4. The van der Waals surface area contributed by atoms with Crippen LogP contribution in [0, 0.1) is 0 Å². The number of hydrogen-bond donors (Lipinski definition) is 0. The molecule has 0 spiro atoms. The van der Waals surface area contributed by atoms with E-state index < -0.39 is 0 Å². The lowest BCUT2D eigenvalue weighted by molar-refractivity contribution is -0.876. The first kappa shape index (κ1) is 32.4. The predicted octanol–water partition coefficient (Wildman–Crippen LogP) is 10.1. The Morgan fingerprint density at radius 1 is 0.500 bits per heavy atom. The van der Waals surface area contributed by atoms with Gasteiger partial charge in [-0.1, -0.05) is 142 Å². The van der Waals surface area contributed by atoms with Crippen LogP contribution in [0.4, 0.5) is 0 Å². The Morgan fingerprint density at radius 2 is 0.781 bits per heavy atom. The molecule has 0 aromatic carbocycles. The molecule has 3 heteroatoms. The Bertz CT molecular complexity index is 356. The minimum Gasteiger partial charge on any atom is -0.552 e. The maximum Gasteiger partial charge on any atom is 0.105 e. The summed E-state index contributed by atoms with van der Waals surface area (Å²) in [6.45, 7) is 5.68. The molecule has 0 aliphatic heterocycles. The Hall–Kier alpha value is 0.350. The minimum absolute atomic E-state index is 0.00452. The molecule has 0 saturated carbocycles.